The van der Waals surface area contributed by atoms with Gasteiger partial charge in [0.2, 0.25) is 0 Å². The molecule has 2 heteroatoms. The second-order valence-corrected chi connectivity index (χ2v) is 3.12. The minimum absolute atomic E-state index is 0.288. The zero-order valence-electron chi connectivity index (χ0n) is 8.44. The molecule has 0 aromatic heterocycles. The average Bonchev–Trinajstić information content (AvgIpc) is 2.26. The molecular formula is C13H13O2. The van der Waals surface area contributed by atoms with Crippen LogP contribution >= 0.6 is 0 Å². The van der Waals surface area contributed by atoms with Crippen LogP contribution in [0.1, 0.15) is 12.0 Å². The fourth-order valence-electron chi connectivity index (χ4n) is 1.30. The van der Waals surface area contributed by atoms with Crippen molar-refractivity contribution in [2.45, 2.75) is 6.42 Å². The van der Waals surface area contributed by atoms with Crippen LogP contribution in [0, 0.1) is 5.92 Å². The highest BCUT2D eigenvalue weighted by molar-refractivity contribution is 6.00. The molecule has 0 aliphatic heterocycles. The predicted molar refractivity (Wildman–Crippen MR) is 61.2 cm³/mol. The molecule has 0 fully saturated rings. The van der Waals surface area contributed by atoms with Crippen LogP contribution in [-0.2, 0) is 4.79 Å². The molecule has 15 heavy (non-hydrogen) atoms. The molecule has 0 saturated heterocycles. The molecule has 77 valence electrons. The maximum Gasteiger partial charge on any atom is 0.315 e. The van der Waals surface area contributed by atoms with E-state index in [0.29, 0.717) is 12.0 Å². The van der Waals surface area contributed by atoms with Crippen LogP contribution in [0.2, 0.25) is 0 Å². The highest BCUT2D eigenvalue weighted by Gasteiger charge is 2.21. The summed E-state index contributed by atoms with van der Waals surface area (Å²) in [7, 11) is 0. The van der Waals surface area contributed by atoms with Crippen LogP contribution in [0.15, 0.2) is 49.6 Å². The fraction of sp³-hybridized carbons (Fsp3) is 0.0769. The molecule has 1 aromatic carbocycles. The average molecular weight is 201 g/mol. The molecule has 1 N–H and O–H groups in total. The quantitative estimate of drug-likeness (QED) is 0.744. The van der Waals surface area contributed by atoms with Gasteiger partial charge in [-0.3, -0.25) is 4.79 Å². The number of hydrogen-bond donors (Lipinski definition) is 1. The second-order valence-electron chi connectivity index (χ2n) is 3.12. The van der Waals surface area contributed by atoms with Crippen LogP contribution in [0.5, 0.6) is 0 Å². The Morgan fingerprint density at radius 2 is 1.93 bits per heavy atom. The Balaban J connectivity index is 2.91. The van der Waals surface area contributed by atoms with Crippen LogP contribution in [0.4, 0.5) is 0 Å². The molecule has 0 aliphatic rings. The summed E-state index contributed by atoms with van der Waals surface area (Å²) >= 11 is 0. The van der Waals surface area contributed by atoms with E-state index in [1.807, 2.05) is 30.3 Å². The summed E-state index contributed by atoms with van der Waals surface area (Å²) in [6.45, 7) is 7.33. The van der Waals surface area contributed by atoms with Crippen molar-refractivity contribution in [1.82, 2.24) is 0 Å². The number of benzene rings is 1. The van der Waals surface area contributed by atoms with Gasteiger partial charge in [0.25, 0.3) is 0 Å². The SMILES string of the molecule is C=CC[C](C(=C)c1ccccc1)C(=O)O. The number of rotatable bonds is 5. The summed E-state index contributed by atoms with van der Waals surface area (Å²) in [6, 6.07) is 9.27. The van der Waals surface area contributed by atoms with Gasteiger partial charge in [0.1, 0.15) is 5.92 Å². The van der Waals surface area contributed by atoms with Crippen molar-refractivity contribution in [2.75, 3.05) is 0 Å². The Morgan fingerprint density at radius 3 is 2.40 bits per heavy atom. The Labute approximate surface area is 89.6 Å². The second kappa shape index (κ2) is 5.15. The van der Waals surface area contributed by atoms with Gasteiger partial charge in [-0.15, -0.1) is 6.58 Å². The van der Waals surface area contributed by atoms with Crippen molar-refractivity contribution < 1.29 is 9.90 Å². The number of aliphatic carboxylic acids is 1. The Hall–Kier alpha value is -1.83. The largest absolute Gasteiger partial charge is 0.481 e. The third-order valence-electron chi connectivity index (χ3n) is 2.09. The smallest absolute Gasteiger partial charge is 0.315 e. The van der Waals surface area contributed by atoms with Crippen molar-refractivity contribution in [2.24, 2.45) is 0 Å². The predicted octanol–water partition coefficient (Wildman–Crippen LogP) is 2.93. The van der Waals surface area contributed by atoms with E-state index in [9.17, 15) is 4.79 Å². The van der Waals surface area contributed by atoms with E-state index in [-0.39, 0.29) is 5.92 Å². The summed E-state index contributed by atoms with van der Waals surface area (Å²) in [5, 5.41) is 8.99. The Morgan fingerprint density at radius 1 is 1.33 bits per heavy atom. The lowest BCUT2D eigenvalue weighted by atomic mass is 9.91. The van der Waals surface area contributed by atoms with Crippen molar-refractivity contribution >= 4 is 11.5 Å². The number of carboxylic acids is 1. The third kappa shape index (κ3) is 2.81. The van der Waals surface area contributed by atoms with E-state index in [4.69, 9.17) is 5.11 Å². The topological polar surface area (TPSA) is 37.3 Å². The number of hydrogen-bond acceptors (Lipinski definition) is 1. The number of carbonyl (C=O) groups is 1. The van der Waals surface area contributed by atoms with Gasteiger partial charge in [0, 0.05) is 0 Å². The van der Waals surface area contributed by atoms with Crippen LogP contribution < -0.4 is 0 Å². The molecule has 2 nitrogen and oxygen atoms in total. The van der Waals surface area contributed by atoms with E-state index in [0.717, 1.165) is 5.56 Å². The van der Waals surface area contributed by atoms with Crippen molar-refractivity contribution in [1.29, 1.82) is 0 Å². The first kappa shape index (κ1) is 11.2. The molecule has 0 heterocycles. The lowest BCUT2D eigenvalue weighted by Crippen LogP contribution is -2.11. The number of carboxylic acid groups (broad SMARTS) is 1. The monoisotopic (exact) mass is 201 g/mol. The minimum Gasteiger partial charge on any atom is -0.481 e. The Kier molecular flexibility index (Phi) is 3.86. The van der Waals surface area contributed by atoms with E-state index in [2.05, 4.69) is 13.2 Å². The summed E-state index contributed by atoms with van der Waals surface area (Å²) in [6.07, 6.45) is 1.89. The normalized spacial score (nSPS) is 9.93. The highest BCUT2D eigenvalue weighted by Crippen LogP contribution is 2.26. The zero-order chi connectivity index (χ0) is 11.3. The molecule has 0 aliphatic carbocycles. The van der Waals surface area contributed by atoms with Gasteiger partial charge >= 0.3 is 5.97 Å². The summed E-state index contributed by atoms with van der Waals surface area (Å²) in [5.41, 5.74) is 1.37. The van der Waals surface area contributed by atoms with Crippen LogP contribution in [-0.4, -0.2) is 11.1 Å². The first-order chi connectivity index (χ1) is 7.16. The molecule has 0 unspecified atom stereocenters. The van der Waals surface area contributed by atoms with Crippen molar-refractivity contribution in [3.05, 3.63) is 61.0 Å². The van der Waals surface area contributed by atoms with E-state index in [1.54, 1.807) is 6.08 Å². The van der Waals surface area contributed by atoms with E-state index in [1.165, 1.54) is 0 Å². The van der Waals surface area contributed by atoms with Crippen LogP contribution in [0.3, 0.4) is 0 Å². The summed E-state index contributed by atoms with van der Waals surface area (Å²) < 4.78 is 0. The van der Waals surface area contributed by atoms with Gasteiger partial charge in [0.05, 0.1) is 0 Å². The van der Waals surface area contributed by atoms with Gasteiger partial charge in [0.15, 0.2) is 0 Å². The molecule has 0 saturated carbocycles. The van der Waals surface area contributed by atoms with Gasteiger partial charge in [-0.25, -0.2) is 0 Å². The summed E-state index contributed by atoms with van der Waals surface area (Å²) in [4.78, 5) is 11.0. The first-order valence-corrected chi connectivity index (χ1v) is 4.61. The first-order valence-electron chi connectivity index (χ1n) is 4.61. The van der Waals surface area contributed by atoms with E-state index < -0.39 is 5.97 Å². The van der Waals surface area contributed by atoms with Crippen LogP contribution in [0.25, 0.3) is 5.57 Å². The maximum atomic E-state index is 11.0. The Bertz CT molecular complexity index is 365. The standard InChI is InChI=1S/C13H13O2/c1-3-7-12(13(14)15)10(2)11-8-5-4-6-9-11/h3-6,8-9H,1-2,7H2,(H,14,15). The molecule has 0 atom stereocenters. The van der Waals surface area contributed by atoms with Gasteiger partial charge in [-0.2, -0.15) is 0 Å². The molecule has 0 spiro atoms. The zero-order valence-corrected chi connectivity index (χ0v) is 8.44. The molecule has 1 rings (SSSR count). The van der Waals surface area contributed by atoms with Gasteiger partial charge < -0.3 is 5.11 Å². The molecule has 0 amide bonds. The number of allylic oxidation sites excluding steroid dienone is 1. The third-order valence-corrected chi connectivity index (χ3v) is 2.09. The van der Waals surface area contributed by atoms with Crippen molar-refractivity contribution in [3.8, 4) is 0 Å². The highest BCUT2D eigenvalue weighted by atomic mass is 16.4. The minimum atomic E-state index is -0.941. The molecular weight excluding hydrogens is 188 g/mol. The van der Waals surface area contributed by atoms with E-state index >= 15 is 0 Å². The maximum absolute atomic E-state index is 11.0. The lowest BCUT2D eigenvalue weighted by molar-refractivity contribution is -0.134. The lowest BCUT2D eigenvalue weighted by Gasteiger charge is -2.12. The van der Waals surface area contributed by atoms with Crippen molar-refractivity contribution in [3.63, 3.8) is 0 Å². The summed E-state index contributed by atoms with van der Waals surface area (Å²) in [5.74, 6) is -0.653. The molecule has 1 aromatic rings. The molecule has 0 bridgehead atoms. The molecule has 1 radical (unpaired) electrons. The van der Waals surface area contributed by atoms with Gasteiger partial charge in [-0.1, -0.05) is 43.0 Å². The van der Waals surface area contributed by atoms with Gasteiger partial charge in [-0.05, 0) is 17.6 Å². The fourth-order valence-corrected chi connectivity index (χ4v) is 1.30.